The Hall–Kier alpha value is -0.610. The maximum Gasteiger partial charge on any atom is 0.132 e. The van der Waals surface area contributed by atoms with E-state index in [0.717, 1.165) is 24.5 Å². The predicted octanol–water partition coefficient (Wildman–Crippen LogP) is 3.43. The highest BCUT2D eigenvalue weighted by molar-refractivity contribution is 9.08. The third kappa shape index (κ3) is 3.17. The summed E-state index contributed by atoms with van der Waals surface area (Å²) in [4.78, 5) is 9.79. The van der Waals surface area contributed by atoms with Crippen molar-refractivity contribution in [2.75, 3.05) is 31.1 Å². The fraction of sp³-hybridized carbons (Fsp3) is 0.688. The van der Waals surface area contributed by atoms with Gasteiger partial charge in [0.2, 0.25) is 0 Å². The number of hydrogen-bond donors (Lipinski definition) is 0. The Morgan fingerprint density at radius 2 is 1.85 bits per heavy atom. The SMILES string of the molecule is BrCc1cccnc1N1CCC(N2CCCCC2)CC1. The highest BCUT2D eigenvalue weighted by Crippen LogP contribution is 2.26. The van der Waals surface area contributed by atoms with Crippen LogP contribution in [0.1, 0.15) is 37.7 Å². The molecule has 0 saturated carbocycles. The molecule has 0 bridgehead atoms. The van der Waals surface area contributed by atoms with E-state index in [1.807, 2.05) is 12.3 Å². The number of piperidine rings is 2. The van der Waals surface area contributed by atoms with Crippen LogP contribution in [0.3, 0.4) is 0 Å². The van der Waals surface area contributed by atoms with Crippen LogP contribution in [0.25, 0.3) is 0 Å². The predicted molar refractivity (Wildman–Crippen MR) is 87.5 cm³/mol. The third-order valence-corrected chi connectivity index (χ3v) is 5.29. The van der Waals surface area contributed by atoms with Gasteiger partial charge in [0.1, 0.15) is 5.82 Å². The summed E-state index contributed by atoms with van der Waals surface area (Å²) in [5.74, 6) is 1.18. The molecular formula is C16H24BrN3. The molecule has 1 aromatic rings. The molecule has 3 rings (SSSR count). The second-order valence-electron chi connectivity index (χ2n) is 5.93. The van der Waals surface area contributed by atoms with Gasteiger partial charge in [-0.15, -0.1) is 0 Å². The summed E-state index contributed by atoms with van der Waals surface area (Å²) < 4.78 is 0. The highest BCUT2D eigenvalue weighted by Gasteiger charge is 2.26. The van der Waals surface area contributed by atoms with Gasteiger partial charge in [-0.05, 0) is 44.8 Å². The molecule has 0 aromatic carbocycles. The van der Waals surface area contributed by atoms with Crippen molar-refractivity contribution in [2.24, 2.45) is 0 Å². The lowest BCUT2D eigenvalue weighted by Gasteiger charge is -2.40. The minimum Gasteiger partial charge on any atom is -0.356 e. The summed E-state index contributed by atoms with van der Waals surface area (Å²) in [7, 11) is 0. The molecule has 0 aliphatic carbocycles. The lowest BCUT2D eigenvalue weighted by Crippen LogP contribution is -2.47. The van der Waals surface area contributed by atoms with Crippen LogP contribution >= 0.6 is 15.9 Å². The van der Waals surface area contributed by atoms with Crippen molar-refractivity contribution in [3.05, 3.63) is 23.9 Å². The molecule has 20 heavy (non-hydrogen) atoms. The van der Waals surface area contributed by atoms with E-state index in [0.29, 0.717) is 0 Å². The number of aromatic nitrogens is 1. The summed E-state index contributed by atoms with van der Waals surface area (Å²) in [5.41, 5.74) is 1.31. The number of hydrogen-bond acceptors (Lipinski definition) is 3. The number of likely N-dealkylation sites (tertiary alicyclic amines) is 1. The van der Waals surface area contributed by atoms with Gasteiger partial charge in [0.25, 0.3) is 0 Å². The molecule has 2 fully saturated rings. The van der Waals surface area contributed by atoms with Crippen molar-refractivity contribution < 1.29 is 0 Å². The molecule has 4 heteroatoms. The van der Waals surface area contributed by atoms with E-state index in [1.54, 1.807) is 0 Å². The number of halogens is 1. The lowest BCUT2D eigenvalue weighted by molar-refractivity contribution is 0.141. The van der Waals surface area contributed by atoms with E-state index in [2.05, 4.69) is 36.8 Å². The molecular weight excluding hydrogens is 314 g/mol. The standard InChI is InChI=1S/C16H24BrN3/c17-13-14-5-4-8-18-16(14)20-11-6-15(7-12-20)19-9-2-1-3-10-19/h4-5,8,15H,1-3,6-7,9-13H2. The van der Waals surface area contributed by atoms with Gasteiger partial charge in [0.05, 0.1) is 0 Å². The minimum atomic E-state index is 0.808. The van der Waals surface area contributed by atoms with E-state index in [9.17, 15) is 0 Å². The Labute approximate surface area is 130 Å². The second kappa shape index (κ2) is 6.90. The molecule has 2 aliphatic rings. The molecule has 3 nitrogen and oxygen atoms in total. The van der Waals surface area contributed by atoms with Gasteiger partial charge in [-0.1, -0.05) is 28.4 Å². The highest BCUT2D eigenvalue weighted by atomic mass is 79.9. The Morgan fingerprint density at radius 1 is 1.10 bits per heavy atom. The van der Waals surface area contributed by atoms with Crippen LogP contribution in [-0.2, 0) is 5.33 Å². The van der Waals surface area contributed by atoms with E-state index >= 15 is 0 Å². The van der Waals surface area contributed by atoms with Crippen molar-refractivity contribution >= 4 is 21.7 Å². The third-order valence-electron chi connectivity index (χ3n) is 4.68. The topological polar surface area (TPSA) is 19.4 Å². The largest absolute Gasteiger partial charge is 0.356 e. The molecule has 0 atom stereocenters. The van der Waals surface area contributed by atoms with E-state index < -0.39 is 0 Å². The summed E-state index contributed by atoms with van der Waals surface area (Å²) in [6.07, 6.45) is 8.72. The van der Waals surface area contributed by atoms with Crippen molar-refractivity contribution in [3.63, 3.8) is 0 Å². The summed E-state index contributed by atoms with van der Waals surface area (Å²) in [5, 5.41) is 0.891. The van der Waals surface area contributed by atoms with Gasteiger partial charge in [-0.2, -0.15) is 0 Å². The first-order valence-electron chi connectivity index (χ1n) is 7.87. The molecule has 1 aromatic heterocycles. The van der Waals surface area contributed by atoms with Gasteiger partial charge in [0.15, 0.2) is 0 Å². The van der Waals surface area contributed by atoms with Gasteiger partial charge in [-0.25, -0.2) is 4.98 Å². The average Bonchev–Trinajstić information content (AvgIpc) is 2.56. The molecule has 0 radical (unpaired) electrons. The number of nitrogens with zero attached hydrogens (tertiary/aromatic N) is 3. The van der Waals surface area contributed by atoms with Crippen molar-refractivity contribution in [2.45, 2.75) is 43.5 Å². The Kier molecular flexibility index (Phi) is 4.94. The fourth-order valence-electron chi connectivity index (χ4n) is 3.55. The smallest absolute Gasteiger partial charge is 0.132 e. The number of pyridine rings is 1. The maximum absolute atomic E-state index is 4.59. The monoisotopic (exact) mass is 337 g/mol. The van der Waals surface area contributed by atoms with Gasteiger partial charge >= 0.3 is 0 Å². The minimum absolute atomic E-state index is 0.808. The van der Waals surface area contributed by atoms with Crippen LogP contribution < -0.4 is 4.90 Å². The first kappa shape index (κ1) is 14.3. The lowest BCUT2D eigenvalue weighted by atomic mass is 9.99. The van der Waals surface area contributed by atoms with Crippen LogP contribution in [0.2, 0.25) is 0 Å². The molecule has 0 unspecified atom stereocenters. The summed E-state index contributed by atoms with van der Waals surface area (Å²) in [6, 6.07) is 5.01. The zero-order valence-corrected chi connectivity index (χ0v) is 13.7. The molecule has 0 spiro atoms. The van der Waals surface area contributed by atoms with Gasteiger partial charge < -0.3 is 9.80 Å². The van der Waals surface area contributed by atoms with Crippen LogP contribution in [-0.4, -0.2) is 42.1 Å². The van der Waals surface area contributed by atoms with Gasteiger partial charge in [0, 0.05) is 36.2 Å². The summed E-state index contributed by atoms with van der Waals surface area (Å²) in [6.45, 7) is 4.94. The molecule has 0 N–H and O–H groups in total. The van der Waals surface area contributed by atoms with Crippen molar-refractivity contribution in [1.82, 2.24) is 9.88 Å². The molecule has 110 valence electrons. The Balaban J connectivity index is 1.60. The normalized spacial score (nSPS) is 22.1. The number of alkyl halides is 1. The number of anilines is 1. The van der Waals surface area contributed by atoms with E-state index in [1.165, 1.54) is 56.6 Å². The maximum atomic E-state index is 4.59. The summed E-state index contributed by atoms with van der Waals surface area (Å²) >= 11 is 3.57. The van der Waals surface area contributed by atoms with Crippen LogP contribution in [0.5, 0.6) is 0 Å². The van der Waals surface area contributed by atoms with Crippen molar-refractivity contribution in [3.8, 4) is 0 Å². The first-order valence-corrected chi connectivity index (χ1v) is 8.99. The second-order valence-corrected chi connectivity index (χ2v) is 6.50. The molecule has 0 amide bonds. The Morgan fingerprint density at radius 3 is 2.55 bits per heavy atom. The van der Waals surface area contributed by atoms with Crippen LogP contribution in [0, 0.1) is 0 Å². The van der Waals surface area contributed by atoms with E-state index in [-0.39, 0.29) is 0 Å². The van der Waals surface area contributed by atoms with Crippen LogP contribution in [0.15, 0.2) is 18.3 Å². The fourth-order valence-corrected chi connectivity index (χ4v) is 3.98. The van der Waals surface area contributed by atoms with E-state index in [4.69, 9.17) is 0 Å². The quantitative estimate of drug-likeness (QED) is 0.787. The number of rotatable bonds is 3. The average molecular weight is 338 g/mol. The van der Waals surface area contributed by atoms with Gasteiger partial charge in [-0.3, -0.25) is 0 Å². The first-order chi connectivity index (χ1) is 9.88. The zero-order chi connectivity index (χ0) is 13.8. The van der Waals surface area contributed by atoms with Crippen molar-refractivity contribution in [1.29, 1.82) is 0 Å². The molecule has 2 saturated heterocycles. The Bertz CT molecular complexity index is 423. The zero-order valence-electron chi connectivity index (χ0n) is 12.1. The van der Waals surface area contributed by atoms with Crippen LogP contribution in [0.4, 0.5) is 5.82 Å². The molecule has 3 heterocycles. The molecule has 2 aliphatic heterocycles.